The van der Waals surface area contributed by atoms with Crippen LogP contribution in [0.3, 0.4) is 0 Å². The largest absolute Gasteiger partial charge is 0.300 e. The Morgan fingerprint density at radius 2 is 1.74 bits per heavy atom. The zero-order chi connectivity index (χ0) is 15.6. The summed E-state index contributed by atoms with van der Waals surface area (Å²) < 4.78 is 0. The molecule has 1 heterocycles. The summed E-state index contributed by atoms with van der Waals surface area (Å²) in [6, 6.07) is 18.9. The number of pyridine rings is 1. The molecule has 23 heavy (non-hydrogen) atoms. The highest BCUT2D eigenvalue weighted by Gasteiger charge is 2.24. The number of carbonyl (C=O) groups is 1. The Balaban J connectivity index is 1.91. The first-order valence-corrected chi connectivity index (χ1v) is 8.27. The van der Waals surface area contributed by atoms with Gasteiger partial charge in [-0.25, -0.2) is 0 Å². The molecular weight excluding hydrogens is 282 g/mol. The zero-order valence-corrected chi connectivity index (χ0v) is 13.0. The van der Waals surface area contributed by atoms with Gasteiger partial charge < -0.3 is 0 Å². The molecule has 1 atom stereocenters. The van der Waals surface area contributed by atoms with Crippen LogP contribution in [0.2, 0.25) is 0 Å². The van der Waals surface area contributed by atoms with Gasteiger partial charge in [0.25, 0.3) is 0 Å². The molecule has 0 amide bonds. The van der Waals surface area contributed by atoms with Gasteiger partial charge in [-0.1, -0.05) is 36.4 Å². The van der Waals surface area contributed by atoms with E-state index in [4.69, 9.17) is 0 Å². The van der Waals surface area contributed by atoms with E-state index < -0.39 is 0 Å². The Hall–Kier alpha value is -2.48. The van der Waals surface area contributed by atoms with Crippen molar-refractivity contribution in [2.75, 3.05) is 0 Å². The summed E-state index contributed by atoms with van der Waals surface area (Å²) in [5.74, 6) is 0.708. The Morgan fingerprint density at radius 1 is 0.957 bits per heavy atom. The molecule has 0 spiro atoms. The van der Waals surface area contributed by atoms with Crippen molar-refractivity contribution < 1.29 is 4.79 Å². The average molecular weight is 301 g/mol. The molecule has 2 aromatic carbocycles. The molecule has 0 N–H and O–H groups in total. The summed E-state index contributed by atoms with van der Waals surface area (Å²) >= 11 is 0. The molecule has 4 rings (SSSR count). The predicted octanol–water partition coefficient (Wildman–Crippen LogP) is 5.13. The molecule has 1 aliphatic rings. The summed E-state index contributed by atoms with van der Waals surface area (Å²) in [6.07, 6.45) is 5.32. The van der Waals surface area contributed by atoms with Crippen molar-refractivity contribution in [3.63, 3.8) is 0 Å². The van der Waals surface area contributed by atoms with Crippen LogP contribution in [0.1, 0.15) is 37.2 Å². The Kier molecular flexibility index (Phi) is 3.66. The molecule has 0 bridgehead atoms. The molecule has 1 aromatic heterocycles. The van der Waals surface area contributed by atoms with Crippen LogP contribution in [0.15, 0.2) is 60.8 Å². The molecule has 114 valence electrons. The number of hydrogen-bond acceptors (Lipinski definition) is 2. The summed E-state index contributed by atoms with van der Waals surface area (Å²) in [5.41, 5.74) is 3.44. The topological polar surface area (TPSA) is 30.0 Å². The van der Waals surface area contributed by atoms with E-state index in [0.717, 1.165) is 25.0 Å². The summed E-state index contributed by atoms with van der Waals surface area (Å²) in [7, 11) is 0. The van der Waals surface area contributed by atoms with Gasteiger partial charge in [0.1, 0.15) is 5.78 Å². The highest BCUT2D eigenvalue weighted by atomic mass is 16.1. The van der Waals surface area contributed by atoms with E-state index in [1.54, 1.807) is 0 Å². The monoisotopic (exact) mass is 301 g/mol. The van der Waals surface area contributed by atoms with E-state index in [2.05, 4.69) is 47.4 Å². The van der Waals surface area contributed by atoms with E-state index in [1.807, 2.05) is 18.3 Å². The van der Waals surface area contributed by atoms with Crippen LogP contribution in [0, 0.1) is 0 Å². The molecule has 2 heteroatoms. The maximum Gasteiger partial charge on any atom is 0.133 e. The molecule has 3 aromatic rings. The smallest absolute Gasteiger partial charge is 0.133 e. The van der Waals surface area contributed by atoms with Crippen LogP contribution in [0.25, 0.3) is 22.0 Å². The maximum absolute atomic E-state index is 11.9. The fourth-order valence-electron chi connectivity index (χ4n) is 3.63. The second-order valence-electron chi connectivity index (χ2n) is 6.33. The Labute approximate surface area is 136 Å². The fourth-order valence-corrected chi connectivity index (χ4v) is 3.63. The van der Waals surface area contributed by atoms with E-state index in [-0.39, 0.29) is 0 Å². The Morgan fingerprint density at radius 3 is 2.48 bits per heavy atom. The first-order valence-electron chi connectivity index (χ1n) is 8.27. The predicted molar refractivity (Wildman–Crippen MR) is 93.4 cm³/mol. The quantitative estimate of drug-likeness (QED) is 0.657. The van der Waals surface area contributed by atoms with Gasteiger partial charge in [-0.3, -0.25) is 9.78 Å². The van der Waals surface area contributed by atoms with Crippen LogP contribution in [0.5, 0.6) is 0 Å². The second kappa shape index (κ2) is 5.96. The van der Waals surface area contributed by atoms with Crippen molar-refractivity contribution in [1.82, 2.24) is 4.98 Å². The minimum Gasteiger partial charge on any atom is -0.300 e. The molecule has 0 radical (unpaired) electrons. The lowest BCUT2D eigenvalue weighted by Gasteiger charge is -2.24. The third-order valence-corrected chi connectivity index (χ3v) is 4.78. The number of aromatic nitrogens is 1. The number of ketones is 1. The SMILES string of the molecule is O=C1CCCC(c2cc3ccccc3cc2-c2ccccn2)C1. The highest BCUT2D eigenvalue weighted by molar-refractivity contribution is 5.89. The third-order valence-electron chi connectivity index (χ3n) is 4.78. The second-order valence-corrected chi connectivity index (χ2v) is 6.33. The van der Waals surface area contributed by atoms with E-state index in [1.165, 1.54) is 21.9 Å². The maximum atomic E-state index is 11.9. The highest BCUT2D eigenvalue weighted by Crippen LogP contribution is 2.38. The first kappa shape index (κ1) is 14.1. The van der Waals surface area contributed by atoms with Crippen molar-refractivity contribution in [2.45, 2.75) is 31.6 Å². The van der Waals surface area contributed by atoms with Crippen LogP contribution >= 0.6 is 0 Å². The standard InChI is InChI=1S/C21H19NO/c23-18-9-5-8-17(12-18)19-13-15-6-1-2-7-16(15)14-20(19)21-10-3-4-11-22-21/h1-4,6-7,10-11,13-14,17H,5,8-9,12H2. The lowest BCUT2D eigenvalue weighted by atomic mass is 9.80. The van der Waals surface area contributed by atoms with Crippen molar-refractivity contribution >= 4 is 16.6 Å². The number of benzene rings is 2. The van der Waals surface area contributed by atoms with Crippen molar-refractivity contribution in [1.29, 1.82) is 0 Å². The van der Waals surface area contributed by atoms with Crippen molar-refractivity contribution in [3.05, 3.63) is 66.4 Å². The minimum atomic E-state index is 0.317. The number of nitrogens with zero attached hydrogens (tertiary/aromatic N) is 1. The van der Waals surface area contributed by atoms with Crippen LogP contribution in [-0.4, -0.2) is 10.8 Å². The molecule has 1 unspecified atom stereocenters. The molecule has 1 aliphatic carbocycles. The number of hydrogen-bond donors (Lipinski definition) is 0. The average Bonchev–Trinajstić information content (AvgIpc) is 2.61. The lowest BCUT2D eigenvalue weighted by molar-refractivity contribution is -0.120. The lowest BCUT2D eigenvalue weighted by Crippen LogP contribution is -2.14. The number of Topliss-reactive ketones (excluding diaryl/α,β-unsaturated/α-hetero) is 1. The number of rotatable bonds is 2. The van der Waals surface area contributed by atoms with Gasteiger partial charge in [-0.05, 0) is 53.3 Å². The van der Waals surface area contributed by atoms with Crippen LogP contribution in [-0.2, 0) is 4.79 Å². The fraction of sp³-hybridized carbons (Fsp3) is 0.238. The molecule has 0 aliphatic heterocycles. The normalized spacial score (nSPS) is 18.3. The first-order chi connectivity index (χ1) is 11.3. The van der Waals surface area contributed by atoms with Gasteiger partial charge in [-0.2, -0.15) is 0 Å². The van der Waals surface area contributed by atoms with E-state index in [0.29, 0.717) is 18.1 Å². The van der Waals surface area contributed by atoms with Gasteiger partial charge in [0.05, 0.1) is 5.69 Å². The summed E-state index contributed by atoms with van der Waals surface area (Å²) in [4.78, 5) is 16.5. The van der Waals surface area contributed by atoms with Crippen LogP contribution in [0.4, 0.5) is 0 Å². The van der Waals surface area contributed by atoms with Crippen molar-refractivity contribution in [3.8, 4) is 11.3 Å². The van der Waals surface area contributed by atoms with Crippen LogP contribution < -0.4 is 0 Å². The van der Waals surface area contributed by atoms with Gasteiger partial charge in [0.2, 0.25) is 0 Å². The van der Waals surface area contributed by atoms with Crippen molar-refractivity contribution in [2.24, 2.45) is 0 Å². The summed E-state index contributed by atoms with van der Waals surface area (Å²) in [5, 5.41) is 2.46. The Bertz CT molecular complexity index is 854. The minimum absolute atomic E-state index is 0.317. The van der Waals surface area contributed by atoms with E-state index >= 15 is 0 Å². The van der Waals surface area contributed by atoms with Gasteiger partial charge in [0.15, 0.2) is 0 Å². The number of fused-ring (bicyclic) bond motifs is 1. The molecule has 2 nitrogen and oxygen atoms in total. The van der Waals surface area contributed by atoms with E-state index in [9.17, 15) is 4.79 Å². The molecular formula is C21H19NO. The molecule has 1 fully saturated rings. The number of carbonyl (C=O) groups excluding carboxylic acids is 1. The van der Waals surface area contributed by atoms with Gasteiger partial charge >= 0.3 is 0 Å². The van der Waals surface area contributed by atoms with Gasteiger partial charge in [-0.15, -0.1) is 0 Å². The molecule has 0 saturated heterocycles. The van der Waals surface area contributed by atoms with Gasteiger partial charge in [0, 0.05) is 24.6 Å². The summed E-state index contributed by atoms with van der Waals surface area (Å²) in [6.45, 7) is 0. The third kappa shape index (κ3) is 2.77. The molecule has 1 saturated carbocycles. The zero-order valence-electron chi connectivity index (χ0n) is 13.0.